The Labute approximate surface area is 301 Å². The number of methoxy groups -OCH3 is 1. The number of aliphatic hydroxyl groups excluding tert-OH is 1. The van der Waals surface area contributed by atoms with Crippen molar-refractivity contribution in [2.45, 2.75) is 55.8 Å². The number of aliphatic hydroxyl groups is 2. The average molecular weight is 750 g/mol. The van der Waals surface area contributed by atoms with Gasteiger partial charge in [0, 0.05) is 42.4 Å². The third-order valence-electron chi connectivity index (χ3n) is 9.07. The lowest BCUT2D eigenvalue weighted by Gasteiger charge is -2.43. The molecule has 2 aliphatic rings. The first-order valence-corrected chi connectivity index (χ1v) is 16.5. The van der Waals surface area contributed by atoms with Crippen molar-refractivity contribution in [1.29, 1.82) is 0 Å². The second-order valence-electron chi connectivity index (χ2n) is 12.5. The number of thiol groups is 1. The molecule has 3 aromatic rings. The summed E-state index contributed by atoms with van der Waals surface area (Å²) in [6.45, 7) is 2.66. The summed E-state index contributed by atoms with van der Waals surface area (Å²) in [5.74, 6) is -4.36. The molecule has 0 aliphatic carbocycles. The number of alkyl halides is 3. The highest BCUT2D eigenvalue weighted by Gasteiger charge is 2.65. The van der Waals surface area contributed by atoms with Gasteiger partial charge in [0.15, 0.2) is 11.3 Å². The molecule has 2 amide bonds. The number of anilines is 1. The summed E-state index contributed by atoms with van der Waals surface area (Å²) < 4.78 is 50.5. The molecule has 0 saturated carbocycles. The second-order valence-corrected chi connectivity index (χ2v) is 13.5. The van der Waals surface area contributed by atoms with Crippen molar-refractivity contribution >= 4 is 53.3 Å². The van der Waals surface area contributed by atoms with Crippen molar-refractivity contribution in [3.63, 3.8) is 0 Å². The first-order valence-electron chi connectivity index (χ1n) is 15.7. The van der Waals surface area contributed by atoms with Crippen LogP contribution in [0.4, 0.5) is 18.9 Å². The Kier molecular flexibility index (Phi) is 10.3. The summed E-state index contributed by atoms with van der Waals surface area (Å²) in [5.41, 5.74) is -2.66. The average Bonchev–Trinajstić information content (AvgIpc) is 3.57. The van der Waals surface area contributed by atoms with Crippen LogP contribution in [0.15, 0.2) is 54.6 Å². The minimum Gasteiger partial charge on any atom is -0.496 e. The molecule has 1 unspecified atom stereocenters. The number of β-amino-alcohol motifs (C(OH)–C–C–N with tert-alkyl or cyclic N) is 1. The van der Waals surface area contributed by atoms with Crippen molar-refractivity contribution in [2.24, 2.45) is 0 Å². The van der Waals surface area contributed by atoms with Crippen LogP contribution in [0.1, 0.15) is 57.7 Å². The molecular weight excluding hydrogens is 715 g/mol. The van der Waals surface area contributed by atoms with Gasteiger partial charge in [-0.2, -0.15) is 0 Å². The van der Waals surface area contributed by atoms with E-state index in [-0.39, 0.29) is 52.5 Å². The fourth-order valence-electron chi connectivity index (χ4n) is 6.77. The minimum atomic E-state index is -5.22. The third-order valence-corrected chi connectivity index (χ3v) is 9.71. The van der Waals surface area contributed by atoms with Gasteiger partial charge in [0.25, 0.3) is 11.0 Å². The van der Waals surface area contributed by atoms with Gasteiger partial charge in [-0.25, -0.2) is 0 Å². The maximum atomic E-state index is 15.5. The summed E-state index contributed by atoms with van der Waals surface area (Å²) in [4.78, 5) is 59.5. The van der Waals surface area contributed by atoms with E-state index in [0.29, 0.717) is 10.5 Å². The molecule has 5 rings (SSSR count). The molecule has 2 N–H and O–H groups in total. The van der Waals surface area contributed by atoms with E-state index in [1.807, 2.05) is 0 Å². The number of likely N-dealkylation sites (tertiary alicyclic amines) is 1. The number of hydrogen-bond donors (Lipinski definition) is 3. The van der Waals surface area contributed by atoms with Gasteiger partial charge < -0.3 is 24.6 Å². The molecule has 51 heavy (non-hydrogen) atoms. The first kappa shape index (κ1) is 38.1. The molecule has 2 aliphatic heterocycles. The number of nitrogens with zero attached hydrogens (tertiary/aromatic N) is 3. The highest BCUT2D eigenvalue weighted by molar-refractivity contribution is 7.82. The van der Waals surface area contributed by atoms with Gasteiger partial charge in [-0.1, -0.05) is 24.6 Å². The van der Waals surface area contributed by atoms with E-state index >= 15 is 4.79 Å². The minimum absolute atomic E-state index is 0.00182. The SMILES string of the molecule is CCc1ccc(C(=O)[C@](O)(S)N2C(=O)C(c3cc(C(C)=O)ccc3OC)(N3C[C@H](O)C[C@H]3C(=O)N(C)C)c3cc(Cl)ccc32)c(OC(F)(F)F)c1. The van der Waals surface area contributed by atoms with E-state index in [2.05, 4.69) is 17.4 Å². The largest absolute Gasteiger partial charge is 0.573 e. The zero-order chi connectivity index (χ0) is 37.8. The number of ketones is 2. The van der Waals surface area contributed by atoms with Crippen LogP contribution in [0.3, 0.4) is 0 Å². The molecule has 272 valence electrons. The standard InChI is InChI=1S/C35H35ClF3N3O8S/c1-6-19-7-10-23(29(13-19)50-35(37,38)39)30(45)34(48,51)42-26-11-9-21(36)15-24(26)33(32(42)47,25-14-20(18(2)43)8-12-28(25)49-5)41-17-22(44)16-27(41)31(46)40(3)4/h7-15,22,27,44,48,51H,6,16-17H2,1-5H3/t22-,27+,33?,34+/m1/s1. The van der Waals surface area contributed by atoms with Gasteiger partial charge in [-0.05, 0) is 73.9 Å². The normalized spacial score (nSPS) is 21.6. The molecule has 0 radical (unpaired) electrons. The zero-order valence-electron chi connectivity index (χ0n) is 28.1. The van der Waals surface area contributed by atoms with Crippen LogP contribution in [0, 0.1) is 0 Å². The van der Waals surface area contributed by atoms with Gasteiger partial charge in [-0.3, -0.25) is 29.0 Å². The summed E-state index contributed by atoms with van der Waals surface area (Å²) in [5, 5.41) is 20.0. The molecule has 0 aromatic heterocycles. The predicted octanol–water partition coefficient (Wildman–Crippen LogP) is 4.58. The fraction of sp³-hybridized carbons (Fsp3) is 0.371. The van der Waals surface area contributed by atoms with Gasteiger partial charge >= 0.3 is 6.36 Å². The van der Waals surface area contributed by atoms with Crippen LogP contribution in [0.2, 0.25) is 5.02 Å². The number of amides is 2. The number of Topliss-reactive ketones (excluding diaryl/α,β-unsaturated/α-hetero) is 2. The van der Waals surface area contributed by atoms with E-state index < -0.39 is 63.8 Å². The number of likely N-dealkylation sites (N-methyl/N-ethyl adjacent to an activating group) is 1. The van der Waals surface area contributed by atoms with E-state index in [1.54, 1.807) is 6.92 Å². The van der Waals surface area contributed by atoms with Crippen LogP contribution in [-0.2, 0) is 21.5 Å². The zero-order valence-corrected chi connectivity index (χ0v) is 29.8. The van der Waals surface area contributed by atoms with E-state index in [1.165, 1.54) is 80.4 Å². The van der Waals surface area contributed by atoms with Crippen molar-refractivity contribution in [1.82, 2.24) is 9.80 Å². The number of carbonyl (C=O) groups excluding carboxylic acids is 4. The highest BCUT2D eigenvalue weighted by atomic mass is 35.5. The van der Waals surface area contributed by atoms with Crippen LogP contribution in [0.25, 0.3) is 0 Å². The van der Waals surface area contributed by atoms with Crippen LogP contribution < -0.4 is 14.4 Å². The van der Waals surface area contributed by atoms with E-state index in [9.17, 15) is 37.8 Å². The summed E-state index contributed by atoms with van der Waals surface area (Å²) in [6, 6.07) is 10.5. The number of ether oxygens (including phenoxy) is 2. The number of fused-ring (bicyclic) bond motifs is 1. The Morgan fingerprint density at radius 3 is 2.33 bits per heavy atom. The quantitative estimate of drug-likeness (QED) is 0.155. The Morgan fingerprint density at radius 1 is 1.06 bits per heavy atom. The molecule has 16 heteroatoms. The summed E-state index contributed by atoms with van der Waals surface area (Å²) in [7, 11) is 4.27. The van der Waals surface area contributed by atoms with E-state index in [4.69, 9.17) is 16.3 Å². The lowest BCUT2D eigenvalue weighted by atomic mass is 9.79. The Balaban J connectivity index is 1.84. The molecule has 1 saturated heterocycles. The number of rotatable bonds is 10. The Hall–Kier alpha value is -4.15. The van der Waals surface area contributed by atoms with Crippen molar-refractivity contribution < 1.29 is 52.0 Å². The number of halogens is 4. The van der Waals surface area contributed by atoms with Gasteiger partial charge in [-0.15, -0.1) is 25.8 Å². The van der Waals surface area contributed by atoms with Crippen LogP contribution in [-0.4, -0.2) is 94.7 Å². The fourth-order valence-corrected chi connectivity index (χ4v) is 7.26. The number of aryl methyl sites for hydroxylation is 1. The number of carbonyl (C=O) groups is 4. The predicted molar refractivity (Wildman–Crippen MR) is 183 cm³/mol. The van der Waals surface area contributed by atoms with Crippen molar-refractivity contribution in [2.75, 3.05) is 32.6 Å². The molecule has 4 atom stereocenters. The summed E-state index contributed by atoms with van der Waals surface area (Å²) in [6.07, 6.45) is -6.23. The lowest BCUT2D eigenvalue weighted by molar-refractivity contribution is -0.274. The molecule has 11 nitrogen and oxygen atoms in total. The molecular formula is C35H35ClF3N3O8S. The molecule has 0 spiro atoms. The first-order chi connectivity index (χ1) is 23.8. The van der Waals surface area contributed by atoms with Crippen molar-refractivity contribution in [3.05, 3.63) is 87.4 Å². The smallest absolute Gasteiger partial charge is 0.496 e. The highest BCUT2D eigenvalue weighted by Crippen LogP contribution is 2.56. The maximum Gasteiger partial charge on any atom is 0.573 e. The summed E-state index contributed by atoms with van der Waals surface area (Å²) >= 11 is 10.8. The third kappa shape index (κ3) is 6.57. The molecule has 0 bridgehead atoms. The Bertz CT molecular complexity index is 1920. The van der Waals surface area contributed by atoms with E-state index in [0.717, 1.165) is 12.1 Å². The van der Waals surface area contributed by atoms with Gasteiger partial charge in [0.1, 0.15) is 11.5 Å². The lowest BCUT2D eigenvalue weighted by Crippen LogP contribution is -2.62. The van der Waals surface area contributed by atoms with Crippen LogP contribution in [0.5, 0.6) is 11.5 Å². The van der Waals surface area contributed by atoms with Gasteiger partial charge in [0.2, 0.25) is 11.7 Å². The van der Waals surface area contributed by atoms with Gasteiger partial charge in [0.05, 0.1) is 30.5 Å². The second kappa shape index (κ2) is 13.8. The Morgan fingerprint density at radius 2 is 1.75 bits per heavy atom. The number of benzene rings is 3. The maximum absolute atomic E-state index is 15.5. The molecule has 2 heterocycles. The number of hydrogen-bond acceptors (Lipinski definition) is 10. The monoisotopic (exact) mass is 749 g/mol. The van der Waals surface area contributed by atoms with Crippen LogP contribution >= 0.6 is 24.2 Å². The molecule has 1 fully saturated rings. The van der Waals surface area contributed by atoms with Crippen molar-refractivity contribution in [3.8, 4) is 11.5 Å². The molecule has 3 aromatic carbocycles. The topological polar surface area (TPSA) is 137 Å².